The van der Waals surface area contributed by atoms with E-state index in [1.165, 1.54) is 18.2 Å². The van der Waals surface area contributed by atoms with Gasteiger partial charge in [0.05, 0.1) is 27.9 Å². The van der Waals surface area contributed by atoms with E-state index in [4.69, 9.17) is 0 Å². The first kappa shape index (κ1) is 27.8. The quantitative estimate of drug-likeness (QED) is 0.320. The molecule has 0 aliphatic rings. The first-order chi connectivity index (χ1) is 16.8. The number of hydrogen-bond acceptors (Lipinski definition) is 3. The van der Waals surface area contributed by atoms with E-state index >= 15 is 0 Å². The van der Waals surface area contributed by atoms with Gasteiger partial charge in [0.2, 0.25) is 0 Å². The number of aromatic nitrogens is 1. The minimum Gasteiger partial charge on any atom is -1.00 e. The molecule has 2 N–H and O–H groups in total. The molecule has 12 heteroatoms. The first-order valence-corrected chi connectivity index (χ1v) is 10.2. The third-order valence-electron chi connectivity index (χ3n) is 5.29. The maximum absolute atomic E-state index is 13.1. The zero-order chi connectivity index (χ0) is 26.3. The van der Waals surface area contributed by atoms with E-state index < -0.39 is 46.5 Å². The molecule has 37 heavy (non-hydrogen) atoms. The normalized spacial score (nSPS) is 11.6. The first-order valence-electron chi connectivity index (χ1n) is 10.2. The zero-order valence-electron chi connectivity index (χ0n) is 19.9. The van der Waals surface area contributed by atoms with Crippen LogP contribution in [-0.2, 0) is 12.4 Å². The molecule has 3 aromatic carbocycles. The van der Waals surface area contributed by atoms with Crippen molar-refractivity contribution in [2.75, 3.05) is 5.32 Å². The molecule has 4 rings (SSSR count). The number of alkyl halides is 6. The number of carbonyl (C=O) groups excluding carboxylic acids is 1. The van der Waals surface area contributed by atoms with Crippen LogP contribution < -0.4 is 24.2 Å². The Balaban J connectivity index is 0.00000253. The minimum absolute atomic E-state index is 0. The van der Waals surface area contributed by atoms with Crippen LogP contribution in [0.2, 0.25) is 0 Å². The standard InChI is InChI=1S/C25H14F6N2O3.Li.H/c26-24(27,28)16-9-15(10-17(12-16)25(29,30)31)22(34)33-20-7-6-14(11-19(20)23(35)36)18-5-1-3-13-4-2-8-32-21(13)18;;/h1-12H,(H,33,34)(H,35,36);;/q;+1;-1. The van der Waals surface area contributed by atoms with Gasteiger partial charge in [-0.2, -0.15) is 26.3 Å². The van der Waals surface area contributed by atoms with Gasteiger partial charge >= 0.3 is 37.2 Å². The second-order valence-electron chi connectivity index (χ2n) is 7.69. The number of rotatable bonds is 4. The van der Waals surface area contributed by atoms with E-state index in [0.29, 0.717) is 16.6 Å². The number of carbonyl (C=O) groups is 2. The molecule has 4 aromatic rings. The fourth-order valence-electron chi connectivity index (χ4n) is 3.62. The number of aromatic carboxylic acids is 1. The molecule has 5 nitrogen and oxygen atoms in total. The van der Waals surface area contributed by atoms with Gasteiger partial charge in [0.1, 0.15) is 0 Å². The number of halogens is 6. The van der Waals surface area contributed by atoms with E-state index in [9.17, 15) is 41.0 Å². The van der Waals surface area contributed by atoms with Crippen molar-refractivity contribution in [3.63, 3.8) is 0 Å². The third-order valence-corrected chi connectivity index (χ3v) is 5.29. The van der Waals surface area contributed by atoms with Gasteiger partial charge < -0.3 is 11.8 Å². The largest absolute Gasteiger partial charge is 1.00 e. The maximum Gasteiger partial charge on any atom is 1.00 e. The van der Waals surface area contributed by atoms with Gasteiger partial charge in [-0.15, -0.1) is 0 Å². The number of carboxylic acids is 1. The van der Waals surface area contributed by atoms with Gasteiger partial charge in [-0.25, -0.2) is 4.79 Å². The predicted molar refractivity (Wildman–Crippen MR) is 120 cm³/mol. The van der Waals surface area contributed by atoms with Gasteiger partial charge in [0.15, 0.2) is 0 Å². The van der Waals surface area contributed by atoms with Crippen molar-refractivity contribution in [1.82, 2.24) is 4.98 Å². The molecular weight excluding hydrogens is 497 g/mol. The van der Waals surface area contributed by atoms with Crippen molar-refractivity contribution < 1.29 is 61.3 Å². The number of amides is 1. The van der Waals surface area contributed by atoms with Gasteiger partial charge in [-0.05, 0) is 42.0 Å². The van der Waals surface area contributed by atoms with Crippen molar-refractivity contribution in [3.05, 3.63) is 95.2 Å². The summed E-state index contributed by atoms with van der Waals surface area (Å²) in [5.74, 6) is -2.81. The number of nitrogens with one attached hydrogen (secondary N) is 1. The van der Waals surface area contributed by atoms with Crippen molar-refractivity contribution in [2.24, 2.45) is 0 Å². The van der Waals surface area contributed by atoms with Crippen LogP contribution in [0.15, 0.2) is 72.9 Å². The van der Waals surface area contributed by atoms with Gasteiger partial charge in [0, 0.05) is 22.7 Å². The Hall–Kier alpha value is -3.81. The molecule has 0 saturated heterocycles. The summed E-state index contributed by atoms with van der Waals surface area (Å²) >= 11 is 0. The number of fused-ring (bicyclic) bond motifs is 1. The van der Waals surface area contributed by atoms with Gasteiger partial charge in [-0.3, -0.25) is 9.78 Å². The molecule has 0 bridgehead atoms. The van der Waals surface area contributed by atoms with Crippen molar-refractivity contribution in [3.8, 4) is 11.1 Å². The number of hydrogen-bond donors (Lipinski definition) is 2. The molecule has 0 radical (unpaired) electrons. The molecule has 1 aromatic heterocycles. The molecule has 186 valence electrons. The summed E-state index contributed by atoms with van der Waals surface area (Å²) in [6, 6.07) is 13.1. The molecule has 0 fully saturated rings. The summed E-state index contributed by atoms with van der Waals surface area (Å²) in [6.45, 7) is 0. The maximum atomic E-state index is 13.1. The van der Waals surface area contributed by atoms with Crippen LogP contribution in [0.3, 0.4) is 0 Å². The number of para-hydroxylation sites is 1. The average molecular weight is 512 g/mol. The number of anilines is 1. The van der Waals surface area contributed by atoms with Crippen molar-refractivity contribution in [2.45, 2.75) is 12.4 Å². The molecule has 0 unspecified atom stereocenters. The fraction of sp³-hybridized carbons (Fsp3) is 0.0800. The van der Waals surface area contributed by atoms with Crippen LogP contribution in [-0.4, -0.2) is 22.0 Å². The molecule has 0 aliphatic carbocycles. The van der Waals surface area contributed by atoms with E-state index in [0.717, 1.165) is 5.39 Å². The molecular formula is C25H15F6LiN2O3. The average Bonchev–Trinajstić information content (AvgIpc) is 2.82. The van der Waals surface area contributed by atoms with Crippen LogP contribution in [0, 0.1) is 0 Å². The Morgan fingerprint density at radius 1 is 0.838 bits per heavy atom. The molecule has 0 atom stereocenters. The SMILES string of the molecule is O=C(Nc1ccc(-c2cccc3cccnc23)cc1C(=O)O)c1cc(C(F)(F)F)cc(C(F)(F)F)c1.[H-].[Li+]. The van der Waals surface area contributed by atoms with Gasteiger partial charge in [0.25, 0.3) is 5.91 Å². The zero-order valence-corrected chi connectivity index (χ0v) is 18.9. The molecule has 1 amide bonds. The number of benzene rings is 3. The van der Waals surface area contributed by atoms with E-state index in [1.54, 1.807) is 24.4 Å². The number of nitrogens with zero attached hydrogens (tertiary/aromatic N) is 1. The Bertz CT molecular complexity index is 1470. The minimum atomic E-state index is -5.14. The summed E-state index contributed by atoms with van der Waals surface area (Å²) in [5.41, 5.74) is -3.41. The Kier molecular flexibility index (Phi) is 7.71. The smallest absolute Gasteiger partial charge is 1.00 e. The molecule has 0 saturated carbocycles. The van der Waals surface area contributed by atoms with E-state index in [1.807, 2.05) is 12.1 Å². The summed E-state index contributed by atoms with van der Waals surface area (Å²) in [5, 5.41) is 12.6. The summed E-state index contributed by atoms with van der Waals surface area (Å²) in [6.07, 6.45) is -8.73. The van der Waals surface area contributed by atoms with Crippen LogP contribution in [0.25, 0.3) is 22.0 Å². The second kappa shape index (κ2) is 10.3. The van der Waals surface area contributed by atoms with E-state index in [-0.39, 0.29) is 44.2 Å². The number of carboxylic acid groups (broad SMARTS) is 1. The van der Waals surface area contributed by atoms with E-state index in [2.05, 4.69) is 10.3 Å². The van der Waals surface area contributed by atoms with Crippen LogP contribution in [0.4, 0.5) is 32.0 Å². The molecule has 1 heterocycles. The van der Waals surface area contributed by atoms with Crippen LogP contribution in [0.1, 0.15) is 33.3 Å². The predicted octanol–water partition coefficient (Wildman–Crippen LogP) is 4.01. The fourth-order valence-corrected chi connectivity index (χ4v) is 3.62. The molecule has 0 spiro atoms. The summed E-state index contributed by atoms with van der Waals surface area (Å²) in [4.78, 5) is 28.8. The Morgan fingerprint density at radius 2 is 1.46 bits per heavy atom. The topological polar surface area (TPSA) is 79.3 Å². The second-order valence-corrected chi connectivity index (χ2v) is 7.69. The summed E-state index contributed by atoms with van der Waals surface area (Å²) < 4.78 is 78.8. The Morgan fingerprint density at radius 3 is 2.05 bits per heavy atom. The van der Waals surface area contributed by atoms with Crippen molar-refractivity contribution >= 4 is 28.5 Å². The molecule has 0 aliphatic heterocycles. The third kappa shape index (κ3) is 5.95. The number of pyridine rings is 1. The Labute approximate surface area is 218 Å². The van der Waals surface area contributed by atoms with Crippen LogP contribution >= 0.6 is 0 Å². The summed E-state index contributed by atoms with van der Waals surface area (Å²) in [7, 11) is 0. The van der Waals surface area contributed by atoms with Gasteiger partial charge in [-0.1, -0.05) is 30.3 Å². The van der Waals surface area contributed by atoms with Crippen LogP contribution in [0.5, 0.6) is 0 Å². The monoisotopic (exact) mass is 512 g/mol. The van der Waals surface area contributed by atoms with Crippen molar-refractivity contribution in [1.29, 1.82) is 0 Å².